The molecule has 0 radical (unpaired) electrons. The lowest BCUT2D eigenvalue weighted by molar-refractivity contribution is -0.116. The van der Waals surface area contributed by atoms with Crippen LogP contribution in [0.15, 0.2) is 52.5 Å². The minimum atomic E-state index is -0.377. The lowest BCUT2D eigenvalue weighted by Gasteiger charge is -2.14. The van der Waals surface area contributed by atoms with Gasteiger partial charge in [0.15, 0.2) is 10.8 Å². The number of hydrogen-bond donors (Lipinski definition) is 1. The summed E-state index contributed by atoms with van der Waals surface area (Å²) in [4.78, 5) is 30.6. The zero-order valence-electron chi connectivity index (χ0n) is 18.4. The van der Waals surface area contributed by atoms with E-state index < -0.39 is 0 Å². The number of halogens is 1. The van der Waals surface area contributed by atoms with E-state index in [4.69, 9.17) is 4.98 Å². The molecule has 4 aromatic rings. The van der Waals surface area contributed by atoms with Gasteiger partial charge in [0.05, 0.1) is 17.9 Å². The molecule has 1 amide bonds. The number of thioether (sulfide) groups is 1. The van der Waals surface area contributed by atoms with Gasteiger partial charge in [-0.15, -0.1) is 0 Å². The fraction of sp³-hybridized carbons (Fsp3) is 0.250. The summed E-state index contributed by atoms with van der Waals surface area (Å²) in [7, 11) is 0. The number of carbonyl (C=O) groups excluding carboxylic acids is 1. The molecular weight excluding hydrogens is 441 g/mol. The van der Waals surface area contributed by atoms with Gasteiger partial charge in [0.25, 0.3) is 5.56 Å². The lowest BCUT2D eigenvalue weighted by atomic mass is 10.1. The van der Waals surface area contributed by atoms with E-state index in [9.17, 15) is 14.0 Å². The molecule has 7 nitrogen and oxygen atoms in total. The van der Waals surface area contributed by atoms with Crippen LogP contribution in [0.3, 0.4) is 0 Å². The third-order valence-corrected chi connectivity index (χ3v) is 7.08. The molecule has 3 heterocycles. The van der Waals surface area contributed by atoms with E-state index in [1.807, 2.05) is 32.0 Å². The van der Waals surface area contributed by atoms with Crippen molar-refractivity contribution in [2.24, 2.45) is 0 Å². The van der Waals surface area contributed by atoms with Crippen LogP contribution < -0.4 is 10.9 Å². The van der Waals surface area contributed by atoms with Gasteiger partial charge in [0.2, 0.25) is 5.91 Å². The summed E-state index contributed by atoms with van der Waals surface area (Å²) in [6.07, 6.45) is 1.62. The van der Waals surface area contributed by atoms with E-state index in [0.29, 0.717) is 33.2 Å². The monoisotopic (exact) mass is 463 g/mol. The molecule has 0 saturated heterocycles. The van der Waals surface area contributed by atoms with Crippen molar-refractivity contribution < 1.29 is 9.18 Å². The number of benzene rings is 2. The molecule has 1 unspecified atom stereocenters. The van der Waals surface area contributed by atoms with Crippen LogP contribution in [-0.2, 0) is 4.79 Å². The van der Waals surface area contributed by atoms with Gasteiger partial charge in [-0.1, -0.05) is 23.9 Å². The largest absolute Gasteiger partial charge is 0.326 e. The quantitative estimate of drug-likeness (QED) is 0.456. The average Bonchev–Trinajstić information content (AvgIpc) is 3.38. The zero-order valence-corrected chi connectivity index (χ0v) is 19.2. The summed E-state index contributed by atoms with van der Waals surface area (Å²) >= 11 is 1.44. The Labute approximate surface area is 193 Å². The van der Waals surface area contributed by atoms with E-state index in [2.05, 4.69) is 10.4 Å². The van der Waals surface area contributed by atoms with Gasteiger partial charge in [0, 0.05) is 17.9 Å². The molecule has 168 valence electrons. The highest BCUT2D eigenvalue weighted by Crippen LogP contribution is 2.33. The van der Waals surface area contributed by atoms with Crippen molar-refractivity contribution in [1.82, 2.24) is 19.3 Å². The molecule has 2 aromatic carbocycles. The Morgan fingerprint density at radius 1 is 1.15 bits per heavy atom. The highest BCUT2D eigenvalue weighted by atomic mass is 32.2. The highest BCUT2D eigenvalue weighted by molar-refractivity contribution is 7.99. The van der Waals surface area contributed by atoms with Crippen molar-refractivity contribution in [3.63, 3.8) is 0 Å². The van der Waals surface area contributed by atoms with Gasteiger partial charge in [-0.25, -0.2) is 14.1 Å². The number of aryl methyl sites for hydroxylation is 3. The normalized spacial score (nSPS) is 15.1. The molecule has 0 saturated carbocycles. The maximum absolute atomic E-state index is 13.8. The molecule has 0 bridgehead atoms. The van der Waals surface area contributed by atoms with E-state index in [0.717, 1.165) is 11.3 Å². The number of nitrogens with zero attached hydrogens (tertiary/aromatic N) is 4. The predicted molar refractivity (Wildman–Crippen MR) is 127 cm³/mol. The molecular formula is C24H22FN5O2S. The third kappa shape index (κ3) is 3.82. The Kier molecular flexibility index (Phi) is 5.28. The maximum Gasteiger partial charge on any atom is 0.265 e. The summed E-state index contributed by atoms with van der Waals surface area (Å²) in [6, 6.07) is 10.2. The number of hydrogen-bond acceptors (Lipinski definition) is 5. The molecule has 1 atom stereocenters. The first kappa shape index (κ1) is 21.4. The molecule has 1 aliphatic heterocycles. The van der Waals surface area contributed by atoms with Crippen molar-refractivity contribution in [3.8, 4) is 5.69 Å². The number of carbonyl (C=O) groups is 1. The molecule has 0 spiro atoms. The topological polar surface area (TPSA) is 81.8 Å². The molecule has 1 N–H and O–H groups in total. The highest BCUT2D eigenvalue weighted by Gasteiger charge is 2.29. The van der Waals surface area contributed by atoms with Gasteiger partial charge >= 0.3 is 0 Å². The van der Waals surface area contributed by atoms with Crippen LogP contribution >= 0.6 is 11.8 Å². The van der Waals surface area contributed by atoms with Crippen LogP contribution in [0.2, 0.25) is 0 Å². The predicted octanol–water partition coefficient (Wildman–Crippen LogP) is 4.32. The van der Waals surface area contributed by atoms with Crippen molar-refractivity contribution in [2.45, 2.75) is 38.4 Å². The molecule has 2 aromatic heterocycles. The van der Waals surface area contributed by atoms with Gasteiger partial charge < -0.3 is 5.32 Å². The number of amides is 1. The van der Waals surface area contributed by atoms with E-state index in [-0.39, 0.29) is 29.7 Å². The Morgan fingerprint density at radius 2 is 1.94 bits per heavy atom. The zero-order chi connectivity index (χ0) is 23.3. The number of nitrogens with one attached hydrogen (secondary N) is 1. The van der Waals surface area contributed by atoms with Gasteiger partial charge in [-0.3, -0.25) is 14.2 Å². The van der Waals surface area contributed by atoms with Crippen LogP contribution in [0.25, 0.3) is 16.7 Å². The summed E-state index contributed by atoms with van der Waals surface area (Å²) in [5.74, 6) is -0.102. The number of rotatable bonds is 4. The molecule has 5 rings (SSSR count). The SMILES string of the molecule is Cc1ccc(-n2ncc3c(=O)n4c(nc32)SCC4CC(=O)Nc2ccc(C)c(F)c2)cc1C. The number of fused-ring (bicyclic) bond motifs is 2. The van der Waals surface area contributed by atoms with Crippen LogP contribution in [0.1, 0.15) is 29.2 Å². The van der Waals surface area contributed by atoms with Gasteiger partial charge in [0.1, 0.15) is 11.2 Å². The Balaban J connectivity index is 1.44. The Bertz CT molecular complexity index is 1480. The van der Waals surface area contributed by atoms with Crippen LogP contribution in [0, 0.1) is 26.6 Å². The second-order valence-electron chi connectivity index (χ2n) is 8.31. The minimum absolute atomic E-state index is 0.0912. The van der Waals surface area contributed by atoms with E-state index in [1.165, 1.54) is 29.6 Å². The molecule has 0 aliphatic carbocycles. The fourth-order valence-corrected chi connectivity index (χ4v) is 5.05. The first-order valence-corrected chi connectivity index (χ1v) is 11.6. The molecule has 9 heteroatoms. The van der Waals surface area contributed by atoms with E-state index in [1.54, 1.807) is 28.3 Å². The lowest BCUT2D eigenvalue weighted by Crippen LogP contribution is -2.27. The standard InChI is InChI=1S/C24H22FN5O2S/c1-13-5-7-17(8-15(13)3)30-22-19(11-26-30)23(32)29-18(12-33-24(29)28-22)10-21(31)27-16-6-4-14(2)20(25)9-16/h4-9,11,18H,10,12H2,1-3H3,(H,27,31). The maximum atomic E-state index is 13.8. The first-order chi connectivity index (χ1) is 15.8. The van der Waals surface area contributed by atoms with Crippen molar-refractivity contribution >= 4 is 34.4 Å². The summed E-state index contributed by atoms with van der Waals surface area (Å²) < 4.78 is 17.0. The Morgan fingerprint density at radius 3 is 2.70 bits per heavy atom. The van der Waals surface area contributed by atoms with Crippen LogP contribution in [-0.4, -0.2) is 31.0 Å². The summed E-state index contributed by atoms with van der Waals surface area (Å²) in [5, 5.41) is 8.11. The summed E-state index contributed by atoms with van der Waals surface area (Å²) in [6.45, 7) is 5.73. The van der Waals surface area contributed by atoms with Crippen molar-refractivity contribution in [2.75, 3.05) is 11.1 Å². The van der Waals surface area contributed by atoms with Crippen molar-refractivity contribution in [3.05, 3.63) is 75.5 Å². The second-order valence-corrected chi connectivity index (χ2v) is 9.30. The number of aromatic nitrogens is 4. The van der Waals surface area contributed by atoms with Crippen molar-refractivity contribution in [1.29, 1.82) is 0 Å². The van der Waals surface area contributed by atoms with E-state index >= 15 is 0 Å². The Hall–Kier alpha value is -3.46. The minimum Gasteiger partial charge on any atom is -0.326 e. The summed E-state index contributed by atoms with van der Waals surface area (Å²) in [5.41, 5.74) is 4.34. The molecule has 0 fully saturated rings. The molecule has 1 aliphatic rings. The first-order valence-electron chi connectivity index (χ1n) is 10.6. The number of anilines is 1. The average molecular weight is 464 g/mol. The van der Waals surface area contributed by atoms with Crippen LogP contribution in [0.5, 0.6) is 0 Å². The molecule has 33 heavy (non-hydrogen) atoms. The van der Waals surface area contributed by atoms with Gasteiger partial charge in [-0.2, -0.15) is 5.10 Å². The fourth-order valence-electron chi connectivity index (χ4n) is 3.92. The second kappa shape index (κ2) is 8.15. The van der Waals surface area contributed by atoms with Gasteiger partial charge in [-0.05, 0) is 61.7 Å². The smallest absolute Gasteiger partial charge is 0.265 e. The van der Waals surface area contributed by atoms with Crippen LogP contribution in [0.4, 0.5) is 10.1 Å². The third-order valence-electron chi connectivity index (χ3n) is 5.98.